The van der Waals surface area contributed by atoms with Crippen molar-refractivity contribution in [3.05, 3.63) is 29.6 Å². The molecule has 0 aliphatic heterocycles. The van der Waals surface area contributed by atoms with Gasteiger partial charge in [0, 0.05) is 23.0 Å². The molecule has 1 amide bonds. The first kappa shape index (κ1) is 18.0. The summed E-state index contributed by atoms with van der Waals surface area (Å²) in [5, 5.41) is 0. The van der Waals surface area contributed by atoms with E-state index in [-0.39, 0.29) is 17.4 Å². The molecule has 0 spiro atoms. The van der Waals surface area contributed by atoms with Gasteiger partial charge in [0.25, 0.3) is 0 Å². The first-order chi connectivity index (χ1) is 11.0. The van der Waals surface area contributed by atoms with Crippen LogP contribution in [0.4, 0.5) is 4.39 Å². The molecule has 126 valence electrons. The summed E-state index contributed by atoms with van der Waals surface area (Å²) in [6.45, 7) is 4.11. The number of thioether (sulfide) groups is 1. The van der Waals surface area contributed by atoms with Crippen LogP contribution in [-0.2, 0) is 4.79 Å². The molecule has 1 aromatic rings. The predicted molar refractivity (Wildman–Crippen MR) is 91.4 cm³/mol. The smallest absolute Gasteiger partial charge is 0.233 e. The number of amides is 1. The van der Waals surface area contributed by atoms with Gasteiger partial charge in [-0.05, 0) is 38.8 Å². The van der Waals surface area contributed by atoms with E-state index in [9.17, 15) is 14.0 Å². The molecule has 0 unspecified atom stereocenters. The van der Waals surface area contributed by atoms with E-state index in [4.69, 9.17) is 0 Å². The normalized spacial score (nSPS) is 15.4. The molecule has 0 atom stereocenters. The maximum Gasteiger partial charge on any atom is 0.233 e. The van der Waals surface area contributed by atoms with Crippen LogP contribution in [0.15, 0.2) is 23.1 Å². The maximum absolute atomic E-state index is 14.0. The van der Waals surface area contributed by atoms with Crippen molar-refractivity contribution in [3.63, 3.8) is 0 Å². The molecular weight excluding hydrogens is 313 g/mol. The molecule has 1 saturated carbocycles. The fraction of sp³-hybridized carbons (Fsp3) is 0.556. The van der Waals surface area contributed by atoms with Gasteiger partial charge in [-0.15, -0.1) is 11.8 Å². The number of benzene rings is 1. The largest absolute Gasteiger partial charge is 0.339 e. The number of Topliss-reactive ketones (excluding diaryl/α,β-unsaturated/α-hetero) is 1. The second-order valence-electron chi connectivity index (χ2n) is 5.96. The van der Waals surface area contributed by atoms with Crippen molar-refractivity contribution < 1.29 is 14.0 Å². The van der Waals surface area contributed by atoms with Gasteiger partial charge in [-0.1, -0.05) is 25.3 Å². The fourth-order valence-electron chi connectivity index (χ4n) is 3.09. The number of hydrogen-bond acceptors (Lipinski definition) is 3. The summed E-state index contributed by atoms with van der Waals surface area (Å²) in [4.78, 5) is 26.1. The second kappa shape index (κ2) is 8.48. The van der Waals surface area contributed by atoms with Gasteiger partial charge >= 0.3 is 0 Å². The molecule has 2 rings (SSSR count). The van der Waals surface area contributed by atoms with Gasteiger partial charge in [-0.2, -0.15) is 0 Å². The van der Waals surface area contributed by atoms with Crippen molar-refractivity contribution in [1.29, 1.82) is 0 Å². The Morgan fingerprint density at radius 1 is 1.26 bits per heavy atom. The van der Waals surface area contributed by atoms with E-state index in [0.29, 0.717) is 23.0 Å². The Hall–Kier alpha value is -1.36. The Kier molecular flexibility index (Phi) is 6.63. The van der Waals surface area contributed by atoms with Gasteiger partial charge < -0.3 is 4.90 Å². The van der Waals surface area contributed by atoms with Gasteiger partial charge in [0.2, 0.25) is 5.91 Å². The topological polar surface area (TPSA) is 37.4 Å². The Morgan fingerprint density at radius 3 is 2.52 bits per heavy atom. The summed E-state index contributed by atoms with van der Waals surface area (Å²) in [5.74, 6) is -0.289. The third-order valence-electron chi connectivity index (χ3n) is 4.37. The Bertz CT molecular complexity index is 570. The molecule has 0 bridgehead atoms. The number of halogens is 1. The van der Waals surface area contributed by atoms with Crippen molar-refractivity contribution in [2.24, 2.45) is 0 Å². The minimum atomic E-state index is -0.434. The SMILES string of the molecule is CCN(C(=O)CSc1ccc(C(C)=O)cc1F)C1CCCCC1. The number of rotatable bonds is 6. The van der Waals surface area contributed by atoms with E-state index in [0.717, 1.165) is 12.8 Å². The zero-order valence-electron chi connectivity index (χ0n) is 13.8. The Labute approximate surface area is 141 Å². The van der Waals surface area contributed by atoms with E-state index in [1.807, 2.05) is 11.8 Å². The van der Waals surface area contributed by atoms with Gasteiger partial charge in [-0.25, -0.2) is 4.39 Å². The molecular formula is C18H24FNO2S. The lowest BCUT2D eigenvalue weighted by Gasteiger charge is -2.33. The summed E-state index contributed by atoms with van der Waals surface area (Å²) >= 11 is 1.21. The molecule has 0 radical (unpaired) electrons. The maximum atomic E-state index is 14.0. The highest BCUT2D eigenvalue weighted by atomic mass is 32.2. The summed E-state index contributed by atoms with van der Waals surface area (Å²) in [7, 11) is 0. The minimum absolute atomic E-state index is 0.0689. The van der Waals surface area contributed by atoms with Crippen LogP contribution >= 0.6 is 11.8 Å². The number of hydrogen-bond donors (Lipinski definition) is 0. The summed E-state index contributed by atoms with van der Waals surface area (Å²) < 4.78 is 14.0. The molecule has 0 heterocycles. The first-order valence-corrected chi connectivity index (χ1v) is 9.24. The van der Waals surface area contributed by atoms with Gasteiger partial charge in [-0.3, -0.25) is 9.59 Å². The molecule has 1 fully saturated rings. The summed E-state index contributed by atoms with van der Waals surface area (Å²) in [6, 6.07) is 4.78. The van der Waals surface area contributed by atoms with Crippen molar-refractivity contribution in [2.75, 3.05) is 12.3 Å². The zero-order chi connectivity index (χ0) is 16.8. The first-order valence-electron chi connectivity index (χ1n) is 8.25. The second-order valence-corrected chi connectivity index (χ2v) is 6.98. The van der Waals surface area contributed by atoms with Crippen LogP contribution in [0.3, 0.4) is 0 Å². The minimum Gasteiger partial charge on any atom is -0.339 e. The molecule has 1 aromatic carbocycles. The highest BCUT2D eigenvalue weighted by molar-refractivity contribution is 8.00. The van der Waals surface area contributed by atoms with E-state index in [1.165, 1.54) is 44.0 Å². The van der Waals surface area contributed by atoms with Crippen LogP contribution in [0, 0.1) is 5.82 Å². The van der Waals surface area contributed by atoms with Crippen LogP contribution in [0.1, 0.15) is 56.3 Å². The van der Waals surface area contributed by atoms with Crippen molar-refractivity contribution in [3.8, 4) is 0 Å². The third kappa shape index (κ3) is 4.80. The summed E-state index contributed by atoms with van der Waals surface area (Å²) in [5.41, 5.74) is 0.357. The van der Waals surface area contributed by atoms with Crippen LogP contribution in [0.25, 0.3) is 0 Å². The lowest BCUT2D eigenvalue weighted by molar-refractivity contribution is -0.131. The van der Waals surface area contributed by atoms with Crippen molar-refractivity contribution in [1.82, 2.24) is 4.90 Å². The predicted octanol–water partition coefficient (Wildman–Crippen LogP) is 4.30. The molecule has 3 nitrogen and oxygen atoms in total. The number of carbonyl (C=O) groups is 2. The van der Waals surface area contributed by atoms with E-state index in [2.05, 4.69) is 0 Å². The third-order valence-corrected chi connectivity index (χ3v) is 5.40. The van der Waals surface area contributed by atoms with Crippen LogP contribution in [0.2, 0.25) is 0 Å². The van der Waals surface area contributed by atoms with Gasteiger partial charge in [0.15, 0.2) is 5.78 Å². The van der Waals surface area contributed by atoms with Crippen molar-refractivity contribution >= 4 is 23.5 Å². The standard InChI is InChI=1S/C18H24FNO2S/c1-3-20(15-7-5-4-6-8-15)18(22)12-23-17-10-9-14(13(2)21)11-16(17)19/h9-11,15H,3-8,12H2,1-2H3. The Morgan fingerprint density at radius 2 is 1.96 bits per heavy atom. The lowest BCUT2D eigenvalue weighted by atomic mass is 9.94. The number of ketones is 1. The zero-order valence-corrected chi connectivity index (χ0v) is 14.6. The fourth-order valence-corrected chi connectivity index (χ4v) is 3.90. The summed E-state index contributed by atoms with van der Waals surface area (Å²) in [6.07, 6.45) is 5.77. The highest BCUT2D eigenvalue weighted by Crippen LogP contribution is 2.26. The molecule has 0 aromatic heterocycles. The average Bonchev–Trinajstić information content (AvgIpc) is 2.55. The van der Waals surface area contributed by atoms with Crippen LogP contribution in [-0.4, -0.2) is 34.9 Å². The van der Waals surface area contributed by atoms with Crippen molar-refractivity contribution in [2.45, 2.75) is 56.9 Å². The average molecular weight is 337 g/mol. The molecule has 23 heavy (non-hydrogen) atoms. The molecule has 0 N–H and O–H groups in total. The van der Waals surface area contributed by atoms with E-state index < -0.39 is 5.82 Å². The van der Waals surface area contributed by atoms with Gasteiger partial charge in [0.1, 0.15) is 5.82 Å². The molecule has 0 saturated heterocycles. The van der Waals surface area contributed by atoms with E-state index in [1.54, 1.807) is 12.1 Å². The van der Waals surface area contributed by atoms with Crippen LogP contribution in [0.5, 0.6) is 0 Å². The molecule has 1 aliphatic rings. The quantitative estimate of drug-likeness (QED) is 0.574. The lowest BCUT2D eigenvalue weighted by Crippen LogP contribution is -2.42. The monoisotopic (exact) mass is 337 g/mol. The number of carbonyl (C=O) groups excluding carboxylic acids is 2. The van der Waals surface area contributed by atoms with Gasteiger partial charge in [0.05, 0.1) is 5.75 Å². The molecule has 1 aliphatic carbocycles. The van der Waals surface area contributed by atoms with Crippen LogP contribution < -0.4 is 0 Å². The highest BCUT2D eigenvalue weighted by Gasteiger charge is 2.24. The molecule has 5 heteroatoms. The number of nitrogens with zero attached hydrogens (tertiary/aromatic N) is 1. The van der Waals surface area contributed by atoms with E-state index >= 15 is 0 Å². The Balaban J connectivity index is 1.96.